The molecule has 0 saturated carbocycles. The first-order valence-corrected chi connectivity index (χ1v) is 9.89. The molecule has 1 N–H and O–H groups in total. The van der Waals surface area contributed by atoms with Gasteiger partial charge >= 0.3 is 0 Å². The predicted molar refractivity (Wildman–Crippen MR) is 111 cm³/mol. The number of aromatic nitrogens is 4. The summed E-state index contributed by atoms with van der Waals surface area (Å²) < 4.78 is 18.8. The Hall–Kier alpha value is -3.39. The maximum Gasteiger partial charge on any atom is 0.259 e. The van der Waals surface area contributed by atoms with Crippen LogP contribution in [0.1, 0.15) is 35.8 Å². The molecule has 29 heavy (non-hydrogen) atoms. The Balaban J connectivity index is 1.59. The van der Waals surface area contributed by atoms with Crippen LogP contribution in [0.5, 0.6) is 0 Å². The minimum Gasteiger partial charge on any atom is -0.322 e. The van der Waals surface area contributed by atoms with Crippen molar-refractivity contribution < 1.29 is 9.18 Å². The van der Waals surface area contributed by atoms with Crippen molar-refractivity contribution in [2.24, 2.45) is 0 Å². The van der Waals surface area contributed by atoms with Crippen molar-refractivity contribution in [3.63, 3.8) is 0 Å². The Morgan fingerprint density at radius 1 is 1.10 bits per heavy atom. The third kappa shape index (κ3) is 3.93. The van der Waals surface area contributed by atoms with E-state index in [0.717, 1.165) is 17.0 Å². The van der Waals surface area contributed by atoms with Crippen LogP contribution in [-0.4, -0.2) is 25.3 Å². The second-order valence-electron chi connectivity index (χ2n) is 6.81. The predicted octanol–water partition coefficient (Wildman–Crippen LogP) is 4.91. The van der Waals surface area contributed by atoms with Gasteiger partial charge in [-0.3, -0.25) is 4.79 Å². The molecular formula is C21H18FN5OS. The Morgan fingerprint density at radius 3 is 2.45 bits per heavy atom. The van der Waals surface area contributed by atoms with Crippen molar-refractivity contribution >= 4 is 23.1 Å². The van der Waals surface area contributed by atoms with Crippen LogP contribution < -0.4 is 5.32 Å². The zero-order valence-corrected chi connectivity index (χ0v) is 16.7. The largest absolute Gasteiger partial charge is 0.322 e. The van der Waals surface area contributed by atoms with Gasteiger partial charge in [0, 0.05) is 16.6 Å². The fourth-order valence-corrected chi connectivity index (χ4v) is 3.55. The highest BCUT2D eigenvalue weighted by atomic mass is 32.1. The summed E-state index contributed by atoms with van der Waals surface area (Å²) in [6, 6.07) is 13.5. The molecule has 0 saturated heterocycles. The minimum atomic E-state index is -0.318. The van der Waals surface area contributed by atoms with Crippen LogP contribution in [0.15, 0.2) is 60.1 Å². The van der Waals surface area contributed by atoms with Gasteiger partial charge in [0.25, 0.3) is 5.91 Å². The molecule has 2 aromatic carbocycles. The highest BCUT2D eigenvalue weighted by Gasteiger charge is 2.21. The first-order chi connectivity index (χ1) is 14.0. The van der Waals surface area contributed by atoms with Crippen LogP contribution in [0.4, 0.5) is 10.1 Å². The third-order valence-corrected chi connectivity index (χ3v) is 4.97. The molecule has 0 radical (unpaired) electrons. The number of anilines is 1. The van der Waals surface area contributed by atoms with Gasteiger partial charge in [-0.2, -0.15) is 5.10 Å². The molecule has 1 amide bonds. The summed E-state index contributed by atoms with van der Waals surface area (Å²) in [6.07, 6.45) is 1.54. The van der Waals surface area contributed by atoms with Crippen molar-refractivity contribution in [3.8, 4) is 16.9 Å². The number of benzene rings is 2. The smallest absolute Gasteiger partial charge is 0.259 e. The van der Waals surface area contributed by atoms with E-state index >= 15 is 0 Å². The van der Waals surface area contributed by atoms with Crippen LogP contribution in [0.25, 0.3) is 16.9 Å². The van der Waals surface area contributed by atoms with Crippen LogP contribution in [0.2, 0.25) is 0 Å². The first-order valence-electron chi connectivity index (χ1n) is 9.05. The molecule has 0 spiro atoms. The van der Waals surface area contributed by atoms with Gasteiger partial charge in [-0.25, -0.2) is 9.07 Å². The SMILES string of the molecule is CC(C)c1c(C(=O)Nc2ccc(-c3csnn3)cc2)cnn1-c1ccc(F)cc1. The van der Waals surface area contributed by atoms with Gasteiger partial charge in [-0.15, -0.1) is 5.10 Å². The van der Waals surface area contributed by atoms with E-state index in [4.69, 9.17) is 0 Å². The van der Waals surface area contributed by atoms with E-state index in [1.807, 2.05) is 43.5 Å². The van der Waals surface area contributed by atoms with Gasteiger partial charge in [0.2, 0.25) is 0 Å². The van der Waals surface area contributed by atoms with Crippen molar-refractivity contribution in [3.05, 3.63) is 77.2 Å². The second-order valence-corrected chi connectivity index (χ2v) is 7.42. The van der Waals surface area contributed by atoms with E-state index in [2.05, 4.69) is 20.0 Å². The number of nitrogens with one attached hydrogen (secondary N) is 1. The van der Waals surface area contributed by atoms with E-state index < -0.39 is 0 Å². The monoisotopic (exact) mass is 407 g/mol. The zero-order chi connectivity index (χ0) is 20.4. The number of hydrogen-bond donors (Lipinski definition) is 1. The van der Waals surface area contributed by atoms with Gasteiger partial charge in [-0.05, 0) is 53.8 Å². The van der Waals surface area contributed by atoms with Crippen molar-refractivity contribution in [2.75, 3.05) is 5.32 Å². The van der Waals surface area contributed by atoms with Gasteiger partial charge < -0.3 is 5.32 Å². The summed E-state index contributed by atoms with van der Waals surface area (Å²) in [5.74, 6) is -0.519. The first kappa shape index (κ1) is 18.9. The molecule has 146 valence electrons. The maximum atomic E-state index is 13.3. The summed E-state index contributed by atoms with van der Waals surface area (Å²) >= 11 is 1.29. The Morgan fingerprint density at radius 2 is 1.83 bits per heavy atom. The van der Waals surface area contributed by atoms with Gasteiger partial charge in [0.05, 0.1) is 23.1 Å². The topological polar surface area (TPSA) is 72.7 Å². The molecule has 4 aromatic rings. The lowest BCUT2D eigenvalue weighted by atomic mass is 10.0. The molecule has 6 nitrogen and oxygen atoms in total. The molecule has 4 rings (SSSR count). The number of nitrogens with zero attached hydrogens (tertiary/aromatic N) is 4. The quantitative estimate of drug-likeness (QED) is 0.510. The van der Waals surface area contributed by atoms with E-state index in [1.54, 1.807) is 23.0 Å². The third-order valence-electron chi connectivity index (χ3n) is 4.47. The fraction of sp³-hybridized carbons (Fsp3) is 0.143. The number of rotatable bonds is 5. The highest BCUT2D eigenvalue weighted by Crippen LogP contribution is 2.25. The van der Waals surface area contributed by atoms with Crippen LogP contribution >= 0.6 is 11.5 Å². The van der Waals surface area contributed by atoms with Crippen LogP contribution in [-0.2, 0) is 0 Å². The lowest BCUT2D eigenvalue weighted by molar-refractivity contribution is 0.102. The molecule has 8 heteroatoms. The van der Waals surface area contributed by atoms with Gasteiger partial charge in [-0.1, -0.05) is 30.5 Å². The highest BCUT2D eigenvalue weighted by molar-refractivity contribution is 7.03. The molecule has 0 aliphatic heterocycles. The summed E-state index contributed by atoms with van der Waals surface area (Å²) in [4.78, 5) is 12.9. The van der Waals surface area contributed by atoms with Crippen LogP contribution in [0, 0.1) is 5.82 Å². The molecule has 2 aromatic heterocycles. The number of hydrogen-bond acceptors (Lipinski definition) is 5. The minimum absolute atomic E-state index is 0.0443. The van der Waals surface area contributed by atoms with Gasteiger partial charge in [0.15, 0.2) is 0 Å². The molecule has 0 unspecified atom stereocenters. The van der Waals surface area contributed by atoms with Crippen molar-refractivity contribution in [2.45, 2.75) is 19.8 Å². The average molecular weight is 407 g/mol. The Labute approximate surface area is 171 Å². The number of halogens is 1. The zero-order valence-electron chi connectivity index (χ0n) is 15.8. The number of carbonyl (C=O) groups is 1. The molecular weight excluding hydrogens is 389 g/mol. The lowest BCUT2D eigenvalue weighted by Gasteiger charge is -2.13. The number of carbonyl (C=O) groups excluding carboxylic acids is 1. The lowest BCUT2D eigenvalue weighted by Crippen LogP contribution is -2.15. The molecule has 0 fully saturated rings. The normalized spacial score (nSPS) is 11.0. The van der Waals surface area contributed by atoms with E-state index in [1.165, 1.54) is 23.7 Å². The molecule has 0 atom stereocenters. The van der Waals surface area contributed by atoms with Gasteiger partial charge in [0.1, 0.15) is 11.5 Å². The second kappa shape index (κ2) is 7.92. The van der Waals surface area contributed by atoms with E-state index in [9.17, 15) is 9.18 Å². The molecule has 2 heterocycles. The van der Waals surface area contributed by atoms with Crippen LogP contribution in [0.3, 0.4) is 0 Å². The van der Waals surface area contributed by atoms with Crippen molar-refractivity contribution in [1.82, 2.24) is 19.4 Å². The van der Waals surface area contributed by atoms with E-state index in [-0.39, 0.29) is 17.6 Å². The standard InChI is InChI=1S/C21H18FN5OS/c1-13(2)20-18(11-23-27(20)17-9-5-15(22)6-10-17)21(28)24-16-7-3-14(4-8-16)19-12-29-26-25-19/h3-13H,1-2H3,(H,24,28). The average Bonchev–Trinajstić information content (AvgIpc) is 3.39. The molecule has 0 aliphatic rings. The number of amides is 1. The summed E-state index contributed by atoms with van der Waals surface area (Å²) in [5.41, 5.74) is 4.36. The Kier molecular flexibility index (Phi) is 5.18. The fourth-order valence-electron chi connectivity index (χ4n) is 3.09. The summed E-state index contributed by atoms with van der Waals surface area (Å²) in [7, 11) is 0. The molecule has 0 aliphatic carbocycles. The molecule has 0 bridgehead atoms. The van der Waals surface area contributed by atoms with Crippen molar-refractivity contribution in [1.29, 1.82) is 0 Å². The maximum absolute atomic E-state index is 13.3. The van der Waals surface area contributed by atoms with E-state index in [0.29, 0.717) is 16.9 Å². The summed E-state index contributed by atoms with van der Waals surface area (Å²) in [6.45, 7) is 3.98. The Bertz CT molecular complexity index is 1120. The summed E-state index contributed by atoms with van der Waals surface area (Å²) in [5, 5.41) is 13.2.